The van der Waals surface area contributed by atoms with Crippen molar-refractivity contribution in [2.75, 3.05) is 0 Å². The Morgan fingerprint density at radius 3 is 2.47 bits per heavy atom. The molecule has 0 amide bonds. The SMILES string of the molecule is OB(OOc1cccc(F)c1)c1ccccc1. The molecule has 2 aromatic rings. The van der Waals surface area contributed by atoms with Crippen molar-refractivity contribution in [3.63, 3.8) is 0 Å². The first-order chi connectivity index (χ1) is 8.25. The second-order valence-electron chi connectivity index (χ2n) is 3.40. The summed E-state index contributed by atoms with van der Waals surface area (Å²) in [5, 5.41) is 9.61. The van der Waals surface area contributed by atoms with Gasteiger partial charge in [0.1, 0.15) is 5.82 Å². The molecule has 0 atom stereocenters. The van der Waals surface area contributed by atoms with Gasteiger partial charge in [-0.1, -0.05) is 36.4 Å². The summed E-state index contributed by atoms with van der Waals surface area (Å²) < 4.78 is 12.8. The van der Waals surface area contributed by atoms with Gasteiger partial charge in [-0.25, -0.2) is 9.20 Å². The Bertz CT molecular complexity index is 478. The molecule has 17 heavy (non-hydrogen) atoms. The van der Waals surface area contributed by atoms with Crippen LogP contribution in [0.25, 0.3) is 0 Å². The molecule has 0 heterocycles. The third-order valence-corrected chi connectivity index (χ3v) is 2.12. The topological polar surface area (TPSA) is 38.7 Å². The second-order valence-corrected chi connectivity index (χ2v) is 3.40. The van der Waals surface area contributed by atoms with Gasteiger partial charge in [-0.15, -0.1) is 0 Å². The van der Waals surface area contributed by atoms with E-state index in [9.17, 15) is 9.41 Å². The first kappa shape index (κ1) is 11.6. The van der Waals surface area contributed by atoms with E-state index in [-0.39, 0.29) is 5.75 Å². The van der Waals surface area contributed by atoms with Crippen LogP contribution in [0.1, 0.15) is 0 Å². The van der Waals surface area contributed by atoms with Crippen LogP contribution in [0.5, 0.6) is 5.75 Å². The maximum atomic E-state index is 12.8. The summed E-state index contributed by atoms with van der Waals surface area (Å²) in [7, 11) is -1.21. The molecule has 0 aliphatic heterocycles. The van der Waals surface area contributed by atoms with Crippen molar-refractivity contribution in [1.82, 2.24) is 0 Å². The summed E-state index contributed by atoms with van der Waals surface area (Å²) in [6.07, 6.45) is 0. The van der Waals surface area contributed by atoms with Crippen LogP contribution in [-0.4, -0.2) is 12.1 Å². The smallest absolute Gasteiger partial charge is 0.421 e. The van der Waals surface area contributed by atoms with E-state index in [0.29, 0.717) is 5.46 Å². The minimum Gasteiger partial charge on any atom is -0.421 e. The summed E-state index contributed by atoms with van der Waals surface area (Å²) in [5.41, 5.74) is 0.559. The highest BCUT2D eigenvalue weighted by Crippen LogP contribution is 2.12. The van der Waals surface area contributed by atoms with E-state index in [1.54, 1.807) is 24.3 Å². The summed E-state index contributed by atoms with van der Waals surface area (Å²) in [6.45, 7) is 0. The van der Waals surface area contributed by atoms with Gasteiger partial charge in [-0.3, -0.25) is 0 Å². The first-order valence-corrected chi connectivity index (χ1v) is 5.07. The number of hydrogen-bond donors (Lipinski definition) is 1. The Morgan fingerprint density at radius 2 is 1.76 bits per heavy atom. The van der Waals surface area contributed by atoms with E-state index in [1.807, 2.05) is 6.07 Å². The van der Waals surface area contributed by atoms with Gasteiger partial charge in [-0.05, 0) is 17.6 Å². The third kappa shape index (κ3) is 3.30. The zero-order valence-electron chi connectivity index (χ0n) is 8.92. The van der Waals surface area contributed by atoms with E-state index in [1.165, 1.54) is 18.2 Å². The quantitative estimate of drug-likeness (QED) is 0.493. The molecule has 0 fully saturated rings. The molecule has 3 nitrogen and oxygen atoms in total. The Morgan fingerprint density at radius 1 is 1.00 bits per heavy atom. The molecule has 1 N–H and O–H groups in total. The minimum absolute atomic E-state index is 0.194. The number of rotatable bonds is 4. The molecular formula is C12H10BFO3. The summed E-state index contributed by atoms with van der Waals surface area (Å²) in [5.74, 6) is -0.236. The second kappa shape index (κ2) is 5.47. The minimum atomic E-state index is -1.21. The van der Waals surface area contributed by atoms with E-state index in [2.05, 4.69) is 0 Å². The van der Waals surface area contributed by atoms with E-state index < -0.39 is 12.9 Å². The predicted molar refractivity (Wildman–Crippen MR) is 62.2 cm³/mol. The van der Waals surface area contributed by atoms with Gasteiger partial charge in [0.25, 0.3) is 0 Å². The zero-order chi connectivity index (χ0) is 12.1. The highest BCUT2D eigenvalue weighted by atomic mass is 19.1. The molecule has 2 aromatic carbocycles. The van der Waals surface area contributed by atoms with E-state index in [4.69, 9.17) is 9.69 Å². The Kier molecular flexibility index (Phi) is 3.75. The van der Waals surface area contributed by atoms with Crippen molar-refractivity contribution in [3.05, 3.63) is 60.4 Å². The zero-order valence-corrected chi connectivity index (χ0v) is 8.92. The average molecular weight is 232 g/mol. The van der Waals surface area contributed by atoms with Crippen molar-refractivity contribution < 1.29 is 19.1 Å². The molecule has 86 valence electrons. The Hall–Kier alpha value is -1.85. The standard InChI is InChI=1S/C12H10BFO3/c14-11-7-4-8-12(9-11)16-17-13(15)10-5-2-1-3-6-10/h1-9,15H. The Balaban J connectivity index is 1.95. The van der Waals surface area contributed by atoms with Crippen LogP contribution >= 0.6 is 0 Å². The third-order valence-electron chi connectivity index (χ3n) is 2.12. The average Bonchev–Trinajstić information content (AvgIpc) is 2.37. The molecule has 5 heteroatoms. The van der Waals surface area contributed by atoms with Gasteiger partial charge in [0.15, 0.2) is 5.75 Å². The van der Waals surface area contributed by atoms with Crippen molar-refractivity contribution in [3.8, 4) is 5.75 Å². The molecule has 0 saturated carbocycles. The molecular weight excluding hydrogens is 222 g/mol. The fourth-order valence-corrected chi connectivity index (χ4v) is 1.29. The largest absolute Gasteiger partial charge is 0.538 e. The van der Waals surface area contributed by atoms with Crippen LogP contribution in [0.3, 0.4) is 0 Å². The van der Waals surface area contributed by atoms with E-state index in [0.717, 1.165) is 6.07 Å². The molecule has 0 aromatic heterocycles. The highest BCUT2D eigenvalue weighted by molar-refractivity contribution is 6.59. The number of halogens is 1. The molecule has 0 saturated heterocycles. The van der Waals surface area contributed by atoms with Gasteiger partial charge >= 0.3 is 7.12 Å². The van der Waals surface area contributed by atoms with Crippen LogP contribution < -0.4 is 10.4 Å². The molecule has 0 aliphatic rings. The lowest BCUT2D eigenvalue weighted by Crippen LogP contribution is -2.34. The maximum absolute atomic E-state index is 12.8. The van der Waals surface area contributed by atoms with Crippen LogP contribution in [0.15, 0.2) is 54.6 Å². The van der Waals surface area contributed by atoms with Crippen LogP contribution in [0, 0.1) is 5.82 Å². The van der Waals surface area contributed by atoms with Gasteiger partial charge in [0.05, 0.1) is 0 Å². The normalized spacial score (nSPS) is 10.0. The fourth-order valence-electron chi connectivity index (χ4n) is 1.29. The van der Waals surface area contributed by atoms with Crippen LogP contribution in [-0.2, 0) is 4.81 Å². The number of benzene rings is 2. The Labute approximate surface area is 98.5 Å². The lowest BCUT2D eigenvalue weighted by molar-refractivity contribution is -0.117. The van der Waals surface area contributed by atoms with Crippen molar-refractivity contribution in [2.45, 2.75) is 0 Å². The van der Waals surface area contributed by atoms with Crippen molar-refractivity contribution >= 4 is 12.6 Å². The van der Waals surface area contributed by atoms with Crippen molar-refractivity contribution in [1.29, 1.82) is 0 Å². The monoisotopic (exact) mass is 232 g/mol. The maximum Gasteiger partial charge on any atom is 0.538 e. The summed E-state index contributed by atoms with van der Waals surface area (Å²) in [4.78, 5) is 9.57. The van der Waals surface area contributed by atoms with E-state index >= 15 is 0 Å². The lowest BCUT2D eigenvalue weighted by atomic mass is 9.80. The molecule has 0 aliphatic carbocycles. The molecule has 0 bridgehead atoms. The molecule has 0 spiro atoms. The summed E-state index contributed by atoms with van der Waals surface area (Å²) in [6, 6.07) is 14.2. The van der Waals surface area contributed by atoms with Crippen LogP contribution in [0.4, 0.5) is 4.39 Å². The molecule has 0 unspecified atom stereocenters. The van der Waals surface area contributed by atoms with Gasteiger partial charge in [0.2, 0.25) is 0 Å². The fraction of sp³-hybridized carbons (Fsp3) is 0. The highest BCUT2D eigenvalue weighted by Gasteiger charge is 2.18. The van der Waals surface area contributed by atoms with Gasteiger partial charge < -0.3 is 9.91 Å². The first-order valence-electron chi connectivity index (χ1n) is 5.07. The lowest BCUT2D eigenvalue weighted by Gasteiger charge is -2.08. The molecule has 2 rings (SSSR count). The predicted octanol–water partition coefficient (Wildman–Crippen LogP) is 1.52. The van der Waals surface area contributed by atoms with Gasteiger partial charge in [-0.2, -0.15) is 0 Å². The molecule has 0 radical (unpaired) electrons. The van der Waals surface area contributed by atoms with Crippen LogP contribution in [0.2, 0.25) is 0 Å². The number of hydrogen-bond acceptors (Lipinski definition) is 3. The van der Waals surface area contributed by atoms with Gasteiger partial charge in [0, 0.05) is 6.07 Å². The van der Waals surface area contributed by atoms with Crippen molar-refractivity contribution in [2.24, 2.45) is 0 Å². The summed E-state index contributed by atoms with van der Waals surface area (Å²) >= 11 is 0.